The second-order valence-corrected chi connectivity index (χ2v) is 9.69. The van der Waals surface area contributed by atoms with E-state index in [1.165, 1.54) is 13.1 Å². The van der Waals surface area contributed by atoms with Crippen molar-refractivity contribution in [3.63, 3.8) is 0 Å². The molecule has 31 heavy (non-hydrogen) atoms. The zero-order valence-electron chi connectivity index (χ0n) is 17.0. The number of hydrogen-bond acceptors (Lipinski definition) is 4. The molecule has 1 aliphatic carbocycles. The Bertz CT molecular complexity index is 1250. The van der Waals surface area contributed by atoms with E-state index in [9.17, 15) is 18.0 Å². The average Bonchev–Trinajstić information content (AvgIpc) is 3.57. The summed E-state index contributed by atoms with van der Waals surface area (Å²) < 4.78 is 26.8. The number of carbonyl (C=O) groups is 2. The number of likely N-dealkylation sites (N-methyl/N-ethyl adjacent to an activating group) is 1. The minimum absolute atomic E-state index is 0.125. The minimum Gasteiger partial charge on any atom is -0.349 e. The monoisotopic (exact) mass is 437 g/mol. The molecule has 7 nitrogen and oxygen atoms in total. The lowest BCUT2D eigenvalue weighted by Gasteiger charge is -2.17. The molecule has 3 aromatic rings. The molecule has 2 N–H and O–H groups in total. The summed E-state index contributed by atoms with van der Waals surface area (Å²) in [4.78, 5) is 24.8. The van der Waals surface area contributed by atoms with Gasteiger partial charge in [0.1, 0.15) is 0 Å². The number of rotatable bonds is 7. The number of nitrogens with zero attached hydrogens (tertiary/aromatic N) is 1. The lowest BCUT2D eigenvalue weighted by molar-refractivity contribution is -0.116. The molecule has 0 aliphatic heterocycles. The molecule has 2 amide bonds. The van der Waals surface area contributed by atoms with E-state index in [4.69, 9.17) is 0 Å². The Kier molecular flexibility index (Phi) is 5.75. The Morgan fingerprint density at radius 1 is 0.968 bits per heavy atom. The number of nitrogens with one attached hydrogen (secondary N) is 2. The third kappa shape index (κ3) is 4.92. The molecule has 160 valence electrons. The van der Waals surface area contributed by atoms with E-state index in [0.29, 0.717) is 11.3 Å². The van der Waals surface area contributed by atoms with Gasteiger partial charge >= 0.3 is 0 Å². The number of anilines is 1. The van der Waals surface area contributed by atoms with Crippen molar-refractivity contribution < 1.29 is 18.0 Å². The first kappa shape index (κ1) is 21.0. The second-order valence-electron chi connectivity index (χ2n) is 7.65. The van der Waals surface area contributed by atoms with Crippen LogP contribution in [0.25, 0.3) is 10.8 Å². The molecule has 1 saturated carbocycles. The normalized spacial score (nSPS) is 13.9. The molecule has 3 aromatic carbocycles. The molecule has 0 atom stereocenters. The van der Waals surface area contributed by atoms with Crippen LogP contribution in [0.5, 0.6) is 0 Å². The maximum Gasteiger partial charge on any atom is 0.251 e. The molecule has 0 bridgehead atoms. The standard InChI is InChI=1S/C23H23N3O4S/c1-26(31(29,30)21-12-9-16-5-2-3-6-17(16)14-21)15-22(27)24-20-8-4-7-18(13-20)23(28)25-19-10-11-19/h2-9,12-14,19H,10-11,15H2,1H3,(H,24,27)(H,25,28). The van der Waals surface area contributed by atoms with Crippen LogP contribution in [0.4, 0.5) is 5.69 Å². The van der Waals surface area contributed by atoms with Crippen LogP contribution in [0.2, 0.25) is 0 Å². The van der Waals surface area contributed by atoms with Gasteiger partial charge in [-0.25, -0.2) is 8.42 Å². The lowest BCUT2D eigenvalue weighted by Crippen LogP contribution is -2.35. The quantitative estimate of drug-likeness (QED) is 0.594. The predicted octanol–water partition coefficient (Wildman–Crippen LogP) is 2.99. The van der Waals surface area contributed by atoms with Crippen molar-refractivity contribution in [1.29, 1.82) is 0 Å². The fraction of sp³-hybridized carbons (Fsp3) is 0.217. The van der Waals surface area contributed by atoms with Gasteiger partial charge in [0.15, 0.2) is 0 Å². The van der Waals surface area contributed by atoms with Crippen molar-refractivity contribution in [1.82, 2.24) is 9.62 Å². The number of amides is 2. The van der Waals surface area contributed by atoms with Crippen molar-refractivity contribution in [3.8, 4) is 0 Å². The van der Waals surface area contributed by atoms with Crippen LogP contribution in [0.1, 0.15) is 23.2 Å². The van der Waals surface area contributed by atoms with Gasteiger partial charge in [0.2, 0.25) is 15.9 Å². The third-order valence-corrected chi connectivity index (χ3v) is 6.92. The fourth-order valence-electron chi connectivity index (χ4n) is 3.23. The largest absolute Gasteiger partial charge is 0.349 e. The van der Waals surface area contributed by atoms with Crippen LogP contribution in [-0.2, 0) is 14.8 Å². The molecule has 0 spiro atoms. The highest BCUT2D eigenvalue weighted by molar-refractivity contribution is 7.89. The number of benzene rings is 3. The number of hydrogen-bond donors (Lipinski definition) is 2. The van der Waals surface area contributed by atoms with E-state index in [-0.39, 0.29) is 23.4 Å². The van der Waals surface area contributed by atoms with Crippen molar-refractivity contribution in [2.24, 2.45) is 0 Å². The highest BCUT2D eigenvalue weighted by Crippen LogP contribution is 2.22. The molecule has 0 unspecified atom stereocenters. The minimum atomic E-state index is -3.84. The van der Waals surface area contributed by atoms with Gasteiger partial charge in [0.05, 0.1) is 11.4 Å². The van der Waals surface area contributed by atoms with Crippen molar-refractivity contribution in [3.05, 3.63) is 72.3 Å². The Balaban J connectivity index is 1.43. The van der Waals surface area contributed by atoms with Gasteiger partial charge in [-0.2, -0.15) is 4.31 Å². The van der Waals surface area contributed by atoms with Crippen LogP contribution >= 0.6 is 0 Å². The first-order valence-electron chi connectivity index (χ1n) is 9.99. The maximum atomic E-state index is 12.9. The van der Waals surface area contributed by atoms with E-state index >= 15 is 0 Å². The highest BCUT2D eigenvalue weighted by Gasteiger charge is 2.25. The van der Waals surface area contributed by atoms with E-state index in [0.717, 1.165) is 27.9 Å². The fourth-order valence-corrected chi connectivity index (χ4v) is 4.39. The Hall–Kier alpha value is -3.23. The van der Waals surface area contributed by atoms with Crippen LogP contribution in [0.15, 0.2) is 71.6 Å². The van der Waals surface area contributed by atoms with Crippen molar-refractivity contribution in [2.75, 3.05) is 18.9 Å². The Labute approximate surface area is 181 Å². The van der Waals surface area contributed by atoms with E-state index < -0.39 is 15.9 Å². The van der Waals surface area contributed by atoms with Crippen LogP contribution in [-0.4, -0.2) is 44.2 Å². The number of fused-ring (bicyclic) bond motifs is 1. The molecule has 0 heterocycles. The smallest absolute Gasteiger partial charge is 0.251 e. The summed E-state index contributed by atoms with van der Waals surface area (Å²) in [7, 11) is -2.47. The van der Waals surface area contributed by atoms with Gasteiger partial charge in [-0.05, 0) is 53.9 Å². The van der Waals surface area contributed by atoms with Gasteiger partial charge in [-0.15, -0.1) is 0 Å². The van der Waals surface area contributed by atoms with Crippen LogP contribution < -0.4 is 10.6 Å². The Morgan fingerprint density at radius 2 is 1.71 bits per heavy atom. The molecule has 8 heteroatoms. The van der Waals surface area contributed by atoms with Gasteiger partial charge in [-0.3, -0.25) is 9.59 Å². The zero-order valence-corrected chi connectivity index (χ0v) is 17.9. The third-order valence-electron chi connectivity index (χ3n) is 5.12. The molecule has 4 rings (SSSR count). The van der Waals surface area contributed by atoms with Gasteiger partial charge in [-0.1, -0.05) is 36.4 Å². The second kappa shape index (κ2) is 8.49. The summed E-state index contributed by atoms with van der Waals surface area (Å²) in [5.41, 5.74) is 0.881. The summed E-state index contributed by atoms with van der Waals surface area (Å²) >= 11 is 0. The summed E-state index contributed by atoms with van der Waals surface area (Å²) in [5, 5.41) is 7.31. The number of sulfonamides is 1. The first-order chi connectivity index (χ1) is 14.8. The highest BCUT2D eigenvalue weighted by atomic mass is 32.2. The van der Waals surface area contributed by atoms with Gasteiger partial charge in [0.25, 0.3) is 5.91 Å². The molecule has 0 radical (unpaired) electrons. The SMILES string of the molecule is CN(CC(=O)Nc1cccc(C(=O)NC2CC2)c1)S(=O)(=O)c1ccc2ccccc2c1. The van der Waals surface area contributed by atoms with Gasteiger partial charge in [0, 0.05) is 24.3 Å². The van der Waals surface area contributed by atoms with Crippen LogP contribution in [0, 0.1) is 0 Å². The summed E-state index contributed by atoms with van der Waals surface area (Å²) in [6.07, 6.45) is 1.97. The maximum absolute atomic E-state index is 12.9. The molecule has 1 aliphatic rings. The van der Waals surface area contributed by atoms with E-state index in [2.05, 4.69) is 10.6 Å². The topological polar surface area (TPSA) is 95.6 Å². The summed E-state index contributed by atoms with van der Waals surface area (Å²) in [5.74, 6) is -0.679. The van der Waals surface area contributed by atoms with E-state index in [1.807, 2.05) is 24.3 Å². The van der Waals surface area contributed by atoms with Crippen molar-refractivity contribution in [2.45, 2.75) is 23.8 Å². The van der Waals surface area contributed by atoms with Crippen molar-refractivity contribution >= 4 is 38.3 Å². The molecule has 1 fully saturated rings. The molecule has 0 saturated heterocycles. The summed E-state index contributed by atoms with van der Waals surface area (Å²) in [6, 6.07) is 19.2. The summed E-state index contributed by atoms with van der Waals surface area (Å²) in [6.45, 7) is -0.354. The average molecular weight is 438 g/mol. The molecular weight excluding hydrogens is 414 g/mol. The van der Waals surface area contributed by atoms with E-state index in [1.54, 1.807) is 36.4 Å². The van der Waals surface area contributed by atoms with Gasteiger partial charge < -0.3 is 10.6 Å². The molecule has 0 aromatic heterocycles. The number of carbonyl (C=O) groups excluding carboxylic acids is 2. The first-order valence-corrected chi connectivity index (χ1v) is 11.4. The Morgan fingerprint density at radius 3 is 2.45 bits per heavy atom. The zero-order chi connectivity index (χ0) is 22.0. The lowest BCUT2D eigenvalue weighted by atomic mass is 10.1. The van der Waals surface area contributed by atoms with Crippen LogP contribution in [0.3, 0.4) is 0 Å². The predicted molar refractivity (Wildman–Crippen MR) is 119 cm³/mol. The molecular formula is C23H23N3O4S.